The van der Waals surface area contributed by atoms with Crippen molar-refractivity contribution in [1.82, 2.24) is 9.55 Å². The van der Waals surface area contributed by atoms with Gasteiger partial charge in [-0.2, -0.15) is 0 Å². The first-order valence-electron chi connectivity index (χ1n) is 8.84. The fourth-order valence-electron chi connectivity index (χ4n) is 4.72. The summed E-state index contributed by atoms with van der Waals surface area (Å²) >= 11 is 0. The molecule has 0 bridgehead atoms. The molecule has 26 heavy (non-hydrogen) atoms. The summed E-state index contributed by atoms with van der Waals surface area (Å²) in [5, 5.41) is 6.23. The van der Waals surface area contributed by atoms with Crippen LogP contribution in [0, 0.1) is 0 Å². The summed E-state index contributed by atoms with van der Waals surface area (Å²) in [5.41, 5.74) is 10.7. The average Bonchev–Trinajstić information content (AvgIpc) is 2.97. The smallest absolute Gasteiger partial charge is 0.0802 e. The van der Waals surface area contributed by atoms with E-state index < -0.39 is 0 Å². The van der Waals surface area contributed by atoms with E-state index in [1.165, 1.54) is 44.2 Å². The fourth-order valence-corrected chi connectivity index (χ4v) is 4.72. The van der Waals surface area contributed by atoms with Crippen molar-refractivity contribution in [3.05, 3.63) is 72.9 Å². The van der Waals surface area contributed by atoms with Crippen molar-refractivity contribution in [3.63, 3.8) is 0 Å². The van der Waals surface area contributed by atoms with Gasteiger partial charge in [0.2, 0.25) is 0 Å². The molecule has 2 aliphatic rings. The monoisotopic (exact) mass is 331 g/mol. The molecule has 0 spiro atoms. The Hall–Kier alpha value is -3.59. The van der Waals surface area contributed by atoms with Crippen molar-refractivity contribution in [2.24, 2.45) is 0 Å². The standard InChI is InChI=1S/C23H13N3/c1-5-14-13-9-4-12-24-20(13)17-8-3-11-19-23(17)26-21(14)15(6-1)16-7-2-10-18(25-19)22(16)26/h1-12,25H. The molecule has 2 aliphatic heterocycles. The normalized spacial score (nSPS) is 12.9. The molecular formula is C23H13N3. The van der Waals surface area contributed by atoms with Gasteiger partial charge in [-0.05, 0) is 18.2 Å². The Bertz CT molecular complexity index is 1410. The van der Waals surface area contributed by atoms with E-state index in [0.717, 1.165) is 17.1 Å². The van der Waals surface area contributed by atoms with E-state index in [1.54, 1.807) is 0 Å². The maximum atomic E-state index is 4.77. The maximum absolute atomic E-state index is 4.77. The highest BCUT2D eigenvalue weighted by Crippen LogP contribution is 2.51. The number of benzene rings is 3. The number of hydrogen-bond donors (Lipinski definition) is 1. The zero-order valence-corrected chi connectivity index (χ0v) is 13.8. The lowest BCUT2D eigenvalue weighted by molar-refractivity contribution is 1.16. The van der Waals surface area contributed by atoms with Gasteiger partial charge >= 0.3 is 0 Å². The largest absolute Gasteiger partial charge is 0.352 e. The van der Waals surface area contributed by atoms with Crippen LogP contribution in [-0.2, 0) is 0 Å². The first-order valence-corrected chi connectivity index (χ1v) is 8.84. The SMILES string of the molecule is c1cnc2c(c1)-c1cccc3c4cccc5c4n(c13)-c1c(cccc1-2)N5. The van der Waals surface area contributed by atoms with Crippen LogP contribution in [0.2, 0.25) is 0 Å². The highest BCUT2D eigenvalue weighted by atomic mass is 15.1. The van der Waals surface area contributed by atoms with Crippen molar-refractivity contribution < 1.29 is 0 Å². The lowest BCUT2D eigenvalue weighted by atomic mass is 9.97. The van der Waals surface area contributed by atoms with Gasteiger partial charge < -0.3 is 9.88 Å². The summed E-state index contributed by atoms with van der Waals surface area (Å²) in [4.78, 5) is 4.77. The van der Waals surface area contributed by atoms with Gasteiger partial charge in [0.15, 0.2) is 0 Å². The van der Waals surface area contributed by atoms with Gasteiger partial charge in [0, 0.05) is 33.7 Å². The van der Waals surface area contributed by atoms with Crippen LogP contribution in [0.1, 0.15) is 0 Å². The minimum atomic E-state index is 1.05. The molecule has 4 heterocycles. The number of fused-ring (bicyclic) bond motifs is 4. The van der Waals surface area contributed by atoms with E-state index in [4.69, 9.17) is 4.98 Å². The number of nitrogens with one attached hydrogen (secondary N) is 1. The molecule has 0 aliphatic carbocycles. The Labute approximate surface area is 149 Å². The van der Waals surface area contributed by atoms with Gasteiger partial charge in [-0.15, -0.1) is 0 Å². The molecule has 2 aromatic heterocycles. The summed E-state index contributed by atoms with van der Waals surface area (Å²) in [6.45, 7) is 0. The molecule has 0 radical (unpaired) electrons. The molecule has 120 valence electrons. The van der Waals surface area contributed by atoms with Crippen LogP contribution in [-0.4, -0.2) is 9.55 Å². The Morgan fingerprint density at radius 1 is 0.654 bits per heavy atom. The topological polar surface area (TPSA) is 29.9 Å². The van der Waals surface area contributed by atoms with Crippen LogP contribution in [0.4, 0.5) is 11.4 Å². The van der Waals surface area contributed by atoms with E-state index >= 15 is 0 Å². The second kappa shape index (κ2) is 4.14. The average molecular weight is 331 g/mol. The molecule has 0 amide bonds. The van der Waals surface area contributed by atoms with E-state index in [2.05, 4.69) is 70.5 Å². The van der Waals surface area contributed by atoms with Crippen molar-refractivity contribution in [2.75, 3.05) is 5.32 Å². The maximum Gasteiger partial charge on any atom is 0.0802 e. The third kappa shape index (κ3) is 1.28. The van der Waals surface area contributed by atoms with Gasteiger partial charge in [0.1, 0.15) is 0 Å². The molecule has 0 unspecified atom stereocenters. The van der Waals surface area contributed by atoms with Crippen molar-refractivity contribution in [3.8, 4) is 28.1 Å². The third-order valence-corrected chi connectivity index (χ3v) is 5.69. The minimum absolute atomic E-state index is 1.05. The Balaban J connectivity index is 1.90. The lowest BCUT2D eigenvalue weighted by Gasteiger charge is -2.23. The number of hydrogen-bond acceptors (Lipinski definition) is 2. The number of rotatable bonds is 0. The van der Waals surface area contributed by atoms with Crippen molar-refractivity contribution >= 4 is 33.2 Å². The Kier molecular flexibility index (Phi) is 2.03. The third-order valence-electron chi connectivity index (χ3n) is 5.69. The molecule has 5 aromatic rings. The quantitative estimate of drug-likeness (QED) is 0.376. The second-order valence-corrected chi connectivity index (χ2v) is 6.97. The molecule has 0 saturated heterocycles. The van der Waals surface area contributed by atoms with Crippen LogP contribution >= 0.6 is 0 Å². The highest BCUT2D eigenvalue weighted by Gasteiger charge is 2.29. The molecule has 3 heteroatoms. The number of anilines is 2. The zero-order valence-electron chi connectivity index (χ0n) is 13.8. The molecule has 0 saturated carbocycles. The summed E-state index contributed by atoms with van der Waals surface area (Å²) in [7, 11) is 0. The summed E-state index contributed by atoms with van der Waals surface area (Å²) in [5.74, 6) is 0. The van der Waals surface area contributed by atoms with Gasteiger partial charge in [-0.25, -0.2) is 0 Å². The predicted molar refractivity (Wildman–Crippen MR) is 106 cm³/mol. The molecule has 0 atom stereocenters. The van der Waals surface area contributed by atoms with Gasteiger partial charge in [0.05, 0.1) is 33.8 Å². The van der Waals surface area contributed by atoms with Crippen LogP contribution < -0.4 is 5.32 Å². The first-order chi connectivity index (χ1) is 12.9. The van der Waals surface area contributed by atoms with Crippen LogP contribution in [0.15, 0.2) is 72.9 Å². The summed E-state index contributed by atoms with van der Waals surface area (Å²) in [6, 6.07) is 23.8. The van der Waals surface area contributed by atoms with Gasteiger partial charge in [-0.3, -0.25) is 4.98 Å². The Morgan fingerprint density at radius 2 is 1.38 bits per heavy atom. The lowest BCUT2D eigenvalue weighted by Crippen LogP contribution is -2.08. The molecule has 3 nitrogen and oxygen atoms in total. The molecule has 0 fully saturated rings. The van der Waals surface area contributed by atoms with E-state index in [0.29, 0.717) is 0 Å². The van der Waals surface area contributed by atoms with Crippen LogP contribution in [0.3, 0.4) is 0 Å². The van der Waals surface area contributed by atoms with Crippen LogP contribution in [0.5, 0.6) is 0 Å². The zero-order chi connectivity index (χ0) is 16.8. The number of aromatic nitrogens is 2. The molecule has 7 rings (SSSR count). The predicted octanol–water partition coefficient (Wildman–Crippen LogP) is 5.88. The molecule has 1 N–H and O–H groups in total. The van der Waals surface area contributed by atoms with E-state index in [-0.39, 0.29) is 0 Å². The highest BCUT2D eigenvalue weighted by molar-refractivity contribution is 6.20. The first kappa shape index (κ1) is 12.7. The second-order valence-electron chi connectivity index (χ2n) is 6.97. The van der Waals surface area contributed by atoms with Crippen molar-refractivity contribution in [2.45, 2.75) is 0 Å². The minimum Gasteiger partial charge on any atom is -0.352 e. The Morgan fingerprint density at radius 3 is 2.35 bits per heavy atom. The number of nitrogens with zero attached hydrogens (tertiary/aromatic N) is 2. The van der Waals surface area contributed by atoms with Crippen molar-refractivity contribution in [1.29, 1.82) is 0 Å². The van der Waals surface area contributed by atoms with Gasteiger partial charge in [-0.1, -0.05) is 48.5 Å². The fraction of sp³-hybridized carbons (Fsp3) is 0. The van der Waals surface area contributed by atoms with E-state index in [9.17, 15) is 0 Å². The van der Waals surface area contributed by atoms with Crippen LogP contribution in [0.25, 0.3) is 49.9 Å². The number of para-hydroxylation sites is 3. The molecular weight excluding hydrogens is 318 g/mol. The van der Waals surface area contributed by atoms with E-state index in [1.807, 2.05) is 12.3 Å². The number of pyridine rings is 1. The molecule has 3 aromatic carbocycles. The summed E-state index contributed by atoms with van der Waals surface area (Å²) in [6.07, 6.45) is 1.89. The van der Waals surface area contributed by atoms with Gasteiger partial charge in [0.25, 0.3) is 0 Å². The summed E-state index contributed by atoms with van der Waals surface area (Å²) < 4.78 is 2.44.